The number of rotatable bonds is 13. The lowest BCUT2D eigenvalue weighted by molar-refractivity contribution is -0.148. The van der Waals surface area contributed by atoms with Gasteiger partial charge in [0.25, 0.3) is 5.56 Å². The Morgan fingerprint density at radius 2 is 1.63 bits per heavy atom. The van der Waals surface area contributed by atoms with Crippen molar-refractivity contribution in [3.05, 3.63) is 130 Å². The molecule has 10 nitrogen and oxygen atoms in total. The second kappa shape index (κ2) is 16.3. The SMILES string of the molecule is CCOC(=O)CN(Cc1cc(NC(=O)OCC(C)c2ccccc2C)ccc1-c1ccccc1)C(=O)CNc1ccc2cc[nH]c(=O)c2c1. The lowest BCUT2D eigenvalue weighted by Crippen LogP contribution is -2.39. The van der Waals surface area contributed by atoms with E-state index in [4.69, 9.17) is 9.47 Å². The van der Waals surface area contributed by atoms with Gasteiger partial charge in [0.05, 0.1) is 19.8 Å². The molecule has 1 aromatic heterocycles. The summed E-state index contributed by atoms with van der Waals surface area (Å²) in [6.07, 6.45) is 0.982. The summed E-state index contributed by atoms with van der Waals surface area (Å²) in [5.41, 5.74) is 5.50. The topological polar surface area (TPSA) is 130 Å². The predicted octanol–water partition coefficient (Wildman–Crippen LogP) is 6.86. The molecule has 0 saturated heterocycles. The number of aromatic amines is 1. The van der Waals surface area contributed by atoms with Crippen molar-refractivity contribution in [1.29, 1.82) is 0 Å². The lowest BCUT2D eigenvalue weighted by atomic mass is 9.97. The summed E-state index contributed by atoms with van der Waals surface area (Å²) in [6.45, 7) is 5.74. The van der Waals surface area contributed by atoms with Crippen LogP contribution >= 0.6 is 0 Å². The van der Waals surface area contributed by atoms with Crippen LogP contribution in [0.2, 0.25) is 0 Å². The highest BCUT2D eigenvalue weighted by atomic mass is 16.5. The van der Waals surface area contributed by atoms with Crippen molar-refractivity contribution in [2.24, 2.45) is 0 Å². The van der Waals surface area contributed by atoms with Crippen molar-refractivity contribution in [3.8, 4) is 11.1 Å². The highest BCUT2D eigenvalue weighted by molar-refractivity contribution is 5.89. The van der Waals surface area contributed by atoms with Crippen LogP contribution in [0, 0.1) is 6.92 Å². The van der Waals surface area contributed by atoms with Gasteiger partial charge in [-0.05, 0) is 77.4 Å². The van der Waals surface area contributed by atoms with Crippen molar-refractivity contribution in [1.82, 2.24) is 9.88 Å². The summed E-state index contributed by atoms with van der Waals surface area (Å²) in [6, 6.07) is 30.1. The van der Waals surface area contributed by atoms with E-state index < -0.39 is 12.1 Å². The Kier molecular flexibility index (Phi) is 11.4. The molecule has 0 aliphatic carbocycles. The van der Waals surface area contributed by atoms with Gasteiger partial charge in [-0.1, -0.05) is 73.7 Å². The summed E-state index contributed by atoms with van der Waals surface area (Å²) in [5.74, 6) is -0.901. The first kappa shape index (κ1) is 34.4. The van der Waals surface area contributed by atoms with Crippen LogP contribution in [-0.2, 0) is 25.6 Å². The van der Waals surface area contributed by atoms with Gasteiger partial charge in [0, 0.05) is 35.4 Å². The van der Waals surface area contributed by atoms with E-state index in [1.54, 1.807) is 49.5 Å². The molecule has 1 heterocycles. The molecule has 4 aromatic carbocycles. The minimum atomic E-state index is -0.600. The van der Waals surface area contributed by atoms with E-state index >= 15 is 0 Å². The molecule has 0 radical (unpaired) electrons. The fourth-order valence-corrected chi connectivity index (χ4v) is 5.67. The normalized spacial score (nSPS) is 11.4. The molecular formula is C39H40N4O6. The van der Waals surface area contributed by atoms with Gasteiger partial charge in [0.15, 0.2) is 0 Å². The summed E-state index contributed by atoms with van der Waals surface area (Å²) < 4.78 is 10.8. The Bertz CT molecular complexity index is 1990. The minimum Gasteiger partial charge on any atom is -0.465 e. The van der Waals surface area contributed by atoms with Crippen LogP contribution in [0.5, 0.6) is 0 Å². The number of H-pyrrole nitrogens is 1. The van der Waals surface area contributed by atoms with Crippen molar-refractivity contribution < 1.29 is 23.9 Å². The molecule has 0 spiro atoms. The molecule has 3 N–H and O–H groups in total. The number of benzene rings is 4. The van der Waals surface area contributed by atoms with E-state index in [1.807, 2.05) is 74.5 Å². The molecule has 0 saturated carbocycles. The summed E-state index contributed by atoms with van der Waals surface area (Å²) >= 11 is 0. The Balaban J connectivity index is 1.35. The maximum Gasteiger partial charge on any atom is 0.411 e. The van der Waals surface area contributed by atoms with Gasteiger partial charge in [0.1, 0.15) is 6.54 Å². The number of carbonyl (C=O) groups is 3. The largest absolute Gasteiger partial charge is 0.465 e. The molecule has 2 amide bonds. The number of anilines is 2. The third-order valence-electron chi connectivity index (χ3n) is 8.18. The van der Waals surface area contributed by atoms with Crippen LogP contribution in [0.25, 0.3) is 21.9 Å². The molecule has 49 heavy (non-hydrogen) atoms. The zero-order valence-electron chi connectivity index (χ0n) is 27.8. The average molecular weight is 661 g/mol. The Morgan fingerprint density at radius 1 is 0.878 bits per heavy atom. The van der Waals surface area contributed by atoms with Gasteiger partial charge in [-0.15, -0.1) is 0 Å². The van der Waals surface area contributed by atoms with Crippen LogP contribution < -0.4 is 16.2 Å². The van der Waals surface area contributed by atoms with Crippen molar-refractivity contribution in [2.45, 2.75) is 33.2 Å². The average Bonchev–Trinajstić information content (AvgIpc) is 3.10. The van der Waals surface area contributed by atoms with Crippen LogP contribution in [0.15, 0.2) is 108 Å². The van der Waals surface area contributed by atoms with Crippen LogP contribution in [0.4, 0.5) is 16.2 Å². The number of aromatic nitrogens is 1. The van der Waals surface area contributed by atoms with E-state index in [2.05, 4.69) is 15.6 Å². The number of carbonyl (C=O) groups excluding carboxylic acids is 3. The lowest BCUT2D eigenvalue weighted by Gasteiger charge is -2.24. The number of aryl methyl sites for hydroxylation is 1. The molecule has 0 fully saturated rings. The van der Waals surface area contributed by atoms with Gasteiger partial charge in [-0.2, -0.15) is 0 Å². The van der Waals surface area contributed by atoms with E-state index in [0.717, 1.165) is 27.6 Å². The van der Waals surface area contributed by atoms with Crippen molar-refractivity contribution in [2.75, 3.05) is 36.9 Å². The summed E-state index contributed by atoms with van der Waals surface area (Å²) in [7, 11) is 0. The van der Waals surface area contributed by atoms with Crippen molar-refractivity contribution >= 4 is 40.1 Å². The fraction of sp³-hybridized carbons (Fsp3) is 0.231. The smallest absolute Gasteiger partial charge is 0.411 e. The number of amides is 2. The maximum absolute atomic E-state index is 13.7. The fourth-order valence-electron chi connectivity index (χ4n) is 5.67. The first-order valence-electron chi connectivity index (χ1n) is 16.2. The molecule has 252 valence electrons. The monoisotopic (exact) mass is 660 g/mol. The first-order valence-corrected chi connectivity index (χ1v) is 16.2. The Labute approximate surface area is 285 Å². The zero-order valence-corrected chi connectivity index (χ0v) is 27.8. The number of pyridine rings is 1. The highest BCUT2D eigenvalue weighted by Crippen LogP contribution is 2.28. The zero-order chi connectivity index (χ0) is 34.8. The van der Waals surface area contributed by atoms with E-state index in [1.165, 1.54) is 4.90 Å². The number of esters is 1. The van der Waals surface area contributed by atoms with Gasteiger partial charge in [-0.25, -0.2) is 4.79 Å². The number of hydrogen-bond acceptors (Lipinski definition) is 7. The second-order valence-electron chi connectivity index (χ2n) is 11.7. The van der Waals surface area contributed by atoms with Crippen LogP contribution in [0.1, 0.15) is 36.5 Å². The summed E-state index contributed by atoms with van der Waals surface area (Å²) in [5, 5.41) is 7.17. The molecule has 5 aromatic rings. The number of fused-ring (bicyclic) bond motifs is 1. The van der Waals surface area contributed by atoms with E-state index in [-0.39, 0.29) is 50.2 Å². The Morgan fingerprint density at radius 3 is 2.41 bits per heavy atom. The molecule has 0 aliphatic rings. The van der Waals surface area contributed by atoms with E-state index in [9.17, 15) is 19.2 Å². The highest BCUT2D eigenvalue weighted by Gasteiger charge is 2.21. The van der Waals surface area contributed by atoms with Crippen LogP contribution in [0.3, 0.4) is 0 Å². The quantitative estimate of drug-likeness (QED) is 0.118. The van der Waals surface area contributed by atoms with Gasteiger partial charge in [-0.3, -0.25) is 19.7 Å². The first-order chi connectivity index (χ1) is 23.7. The maximum atomic E-state index is 13.7. The molecule has 0 bridgehead atoms. The third kappa shape index (κ3) is 9.13. The standard InChI is InChI=1S/C39H40N4O6/c1-4-48-37(45)24-43(36(44)22-41-31-15-14-29-18-19-40-38(46)35(29)21-31)23-30-20-32(16-17-34(30)28-11-6-5-7-12-28)42-39(47)49-25-27(3)33-13-9-8-10-26(33)2/h5-21,27,41H,4,22-25H2,1-3H3,(H,40,46)(H,42,47). The van der Waals surface area contributed by atoms with Crippen LogP contribution in [-0.4, -0.2) is 54.2 Å². The minimum absolute atomic E-state index is 0.00863. The molecule has 0 aliphatic heterocycles. The van der Waals surface area contributed by atoms with Gasteiger partial charge in [0.2, 0.25) is 5.91 Å². The number of nitrogens with one attached hydrogen (secondary N) is 3. The molecule has 1 unspecified atom stereocenters. The molecular weight excluding hydrogens is 620 g/mol. The molecule has 1 atom stereocenters. The molecule has 10 heteroatoms. The number of nitrogens with zero attached hydrogens (tertiary/aromatic N) is 1. The molecule has 5 rings (SSSR count). The summed E-state index contributed by atoms with van der Waals surface area (Å²) in [4.78, 5) is 55.6. The van der Waals surface area contributed by atoms with Crippen molar-refractivity contribution in [3.63, 3.8) is 0 Å². The second-order valence-corrected chi connectivity index (χ2v) is 11.7. The predicted molar refractivity (Wildman–Crippen MR) is 192 cm³/mol. The van der Waals surface area contributed by atoms with Gasteiger partial charge >= 0.3 is 12.1 Å². The Hall–Kier alpha value is -5.90. The number of hydrogen-bond donors (Lipinski definition) is 3. The third-order valence-corrected chi connectivity index (χ3v) is 8.18. The van der Waals surface area contributed by atoms with Gasteiger partial charge < -0.3 is 24.7 Å². The van der Waals surface area contributed by atoms with E-state index in [0.29, 0.717) is 22.3 Å². The number of ether oxygens (including phenoxy) is 2.